The molecule has 1 atom stereocenters. The van der Waals surface area contributed by atoms with Crippen molar-refractivity contribution < 1.29 is 14.3 Å². The molecular weight excluding hydrogens is 344 g/mol. The molecule has 0 radical (unpaired) electrons. The van der Waals surface area contributed by atoms with Gasteiger partial charge >= 0.3 is 0 Å². The number of rotatable bonds is 3. The van der Waals surface area contributed by atoms with E-state index in [9.17, 15) is 9.59 Å². The monoisotopic (exact) mass is 368 g/mol. The lowest BCUT2D eigenvalue weighted by Crippen LogP contribution is -2.45. The molecule has 0 N–H and O–H groups in total. The lowest BCUT2D eigenvalue weighted by Gasteiger charge is -2.35. The van der Waals surface area contributed by atoms with Crippen molar-refractivity contribution >= 4 is 11.8 Å². The van der Waals surface area contributed by atoms with Crippen LogP contribution < -0.4 is 0 Å². The maximum atomic E-state index is 13.0. The van der Waals surface area contributed by atoms with Gasteiger partial charge in [0.25, 0.3) is 5.91 Å². The second-order valence-electron chi connectivity index (χ2n) is 7.17. The molecule has 27 heavy (non-hydrogen) atoms. The van der Waals surface area contributed by atoms with E-state index in [4.69, 9.17) is 4.74 Å². The fraction of sp³-hybridized carbons (Fsp3) is 0.450. The molecule has 7 nitrogen and oxygen atoms in total. The molecular formula is C20H24N4O3. The van der Waals surface area contributed by atoms with E-state index in [1.807, 2.05) is 51.7 Å². The topological polar surface area (TPSA) is 67.7 Å². The number of carbonyl (C=O) groups excluding carboxylic acids is 2. The second-order valence-corrected chi connectivity index (χ2v) is 7.17. The van der Waals surface area contributed by atoms with E-state index in [0.29, 0.717) is 51.4 Å². The molecule has 142 valence electrons. The third kappa shape index (κ3) is 3.73. The predicted molar refractivity (Wildman–Crippen MR) is 99.2 cm³/mol. The Morgan fingerprint density at radius 1 is 1.19 bits per heavy atom. The van der Waals surface area contributed by atoms with Gasteiger partial charge in [0.1, 0.15) is 0 Å². The maximum Gasteiger partial charge on any atom is 0.254 e. The number of fused-ring (bicyclic) bond motifs is 1. The lowest BCUT2D eigenvalue weighted by atomic mass is 10.1. The summed E-state index contributed by atoms with van der Waals surface area (Å²) in [6.45, 7) is 5.40. The number of morpholine rings is 1. The van der Waals surface area contributed by atoms with E-state index in [1.54, 1.807) is 6.20 Å². The molecule has 7 heteroatoms. The smallest absolute Gasteiger partial charge is 0.254 e. The van der Waals surface area contributed by atoms with Crippen LogP contribution >= 0.6 is 0 Å². The third-order valence-corrected chi connectivity index (χ3v) is 5.21. The molecule has 1 saturated heterocycles. The highest BCUT2D eigenvalue weighted by Gasteiger charge is 2.31. The normalized spacial score (nSPS) is 19.7. The quantitative estimate of drug-likeness (QED) is 0.826. The molecule has 0 unspecified atom stereocenters. The van der Waals surface area contributed by atoms with Gasteiger partial charge in [-0.1, -0.05) is 17.7 Å². The van der Waals surface area contributed by atoms with Crippen molar-refractivity contribution in [1.29, 1.82) is 0 Å². The Morgan fingerprint density at radius 3 is 2.78 bits per heavy atom. The highest BCUT2D eigenvalue weighted by atomic mass is 16.5. The first-order valence-corrected chi connectivity index (χ1v) is 9.35. The number of ether oxygens (including phenoxy) is 1. The first-order valence-electron chi connectivity index (χ1n) is 9.35. The maximum absolute atomic E-state index is 13.0. The Kier molecular flexibility index (Phi) is 4.94. The molecule has 1 aromatic carbocycles. The van der Waals surface area contributed by atoms with Crippen LogP contribution in [0.2, 0.25) is 0 Å². The minimum absolute atomic E-state index is 0.00466. The number of hydrogen-bond donors (Lipinski definition) is 0. The summed E-state index contributed by atoms with van der Waals surface area (Å²) in [5.74, 6) is 0.0876. The van der Waals surface area contributed by atoms with Crippen LogP contribution in [0.5, 0.6) is 0 Å². The Bertz CT molecular complexity index is 841. The molecule has 2 aliphatic rings. The molecule has 1 aromatic heterocycles. The highest BCUT2D eigenvalue weighted by molar-refractivity contribution is 5.94. The fourth-order valence-corrected chi connectivity index (χ4v) is 3.80. The van der Waals surface area contributed by atoms with Gasteiger partial charge in [-0.05, 0) is 25.1 Å². The SMILES string of the molecule is Cc1cccc(C(=O)N2Cc3ccnn3[C@@H](CC(=O)N3CCOCC3)C2)c1. The minimum Gasteiger partial charge on any atom is -0.378 e. The molecule has 0 spiro atoms. The third-order valence-electron chi connectivity index (χ3n) is 5.21. The van der Waals surface area contributed by atoms with Crippen molar-refractivity contribution in [2.75, 3.05) is 32.8 Å². The van der Waals surface area contributed by atoms with Gasteiger partial charge in [0.2, 0.25) is 5.91 Å². The van der Waals surface area contributed by atoms with Gasteiger partial charge in [0, 0.05) is 31.4 Å². The largest absolute Gasteiger partial charge is 0.378 e. The van der Waals surface area contributed by atoms with E-state index in [-0.39, 0.29) is 17.9 Å². The zero-order valence-corrected chi connectivity index (χ0v) is 15.5. The average Bonchev–Trinajstić information content (AvgIpc) is 3.17. The van der Waals surface area contributed by atoms with Gasteiger partial charge in [-0.25, -0.2) is 0 Å². The minimum atomic E-state index is -0.146. The van der Waals surface area contributed by atoms with Crippen molar-refractivity contribution in [3.63, 3.8) is 0 Å². The number of nitrogens with zero attached hydrogens (tertiary/aromatic N) is 4. The number of hydrogen-bond acceptors (Lipinski definition) is 4. The van der Waals surface area contributed by atoms with Crippen molar-refractivity contribution in [2.45, 2.75) is 25.9 Å². The molecule has 2 amide bonds. The molecule has 0 aliphatic carbocycles. The molecule has 3 heterocycles. The van der Waals surface area contributed by atoms with Gasteiger partial charge in [-0.2, -0.15) is 5.10 Å². The Balaban J connectivity index is 1.52. The highest BCUT2D eigenvalue weighted by Crippen LogP contribution is 2.25. The first kappa shape index (κ1) is 17.7. The standard InChI is InChI=1S/C20H24N4O3/c1-15-3-2-4-16(11-15)20(26)23-13-17-5-6-21-24(17)18(14-23)12-19(25)22-7-9-27-10-8-22/h2-6,11,18H,7-10,12-14H2,1H3/t18-/m0/s1. The number of benzene rings is 1. The summed E-state index contributed by atoms with van der Waals surface area (Å²) in [5.41, 5.74) is 2.70. The Morgan fingerprint density at radius 2 is 2.00 bits per heavy atom. The van der Waals surface area contributed by atoms with Gasteiger partial charge in [0.05, 0.1) is 37.9 Å². The molecule has 2 aliphatic heterocycles. The zero-order valence-electron chi connectivity index (χ0n) is 15.5. The summed E-state index contributed by atoms with van der Waals surface area (Å²) >= 11 is 0. The summed E-state index contributed by atoms with van der Waals surface area (Å²) in [7, 11) is 0. The molecule has 0 saturated carbocycles. The average molecular weight is 368 g/mol. The fourth-order valence-electron chi connectivity index (χ4n) is 3.80. The van der Waals surface area contributed by atoms with Crippen molar-refractivity contribution in [3.8, 4) is 0 Å². The van der Waals surface area contributed by atoms with Gasteiger partial charge < -0.3 is 14.5 Å². The number of carbonyl (C=O) groups is 2. The lowest BCUT2D eigenvalue weighted by molar-refractivity contribution is -0.136. The van der Waals surface area contributed by atoms with Crippen LogP contribution in [0.25, 0.3) is 0 Å². The zero-order chi connectivity index (χ0) is 18.8. The van der Waals surface area contributed by atoms with Crippen LogP contribution in [0.3, 0.4) is 0 Å². The van der Waals surface area contributed by atoms with Gasteiger partial charge in [0.15, 0.2) is 0 Å². The summed E-state index contributed by atoms with van der Waals surface area (Å²) in [6.07, 6.45) is 2.08. The van der Waals surface area contributed by atoms with E-state index < -0.39 is 0 Å². The number of aryl methyl sites for hydroxylation is 1. The summed E-state index contributed by atoms with van der Waals surface area (Å²) in [6, 6.07) is 9.40. The van der Waals surface area contributed by atoms with Gasteiger partial charge in [-0.3, -0.25) is 14.3 Å². The van der Waals surface area contributed by atoms with Crippen molar-refractivity contribution in [1.82, 2.24) is 19.6 Å². The van der Waals surface area contributed by atoms with Crippen LogP contribution in [0.15, 0.2) is 36.5 Å². The molecule has 1 fully saturated rings. The number of amides is 2. The van der Waals surface area contributed by atoms with Crippen LogP contribution in [0, 0.1) is 6.92 Å². The summed E-state index contributed by atoms with van der Waals surface area (Å²) in [5, 5.41) is 4.40. The predicted octanol–water partition coefficient (Wildman–Crippen LogP) is 1.64. The van der Waals surface area contributed by atoms with Crippen molar-refractivity contribution in [3.05, 3.63) is 53.3 Å². The number of aromatic nitrogens is 2. The summed E-state index contributed by atoms with van der Waals surface area (Å²) < 4.78 is 7.23. The van der Waals surface area contributed by atoms with E-state index in [1.165, 1.54) is 0 Å². The molecule has 2 aromatic rings. The first-order chi connectivity index (χ1) is 13.1. The van der Waals surface area contributed by atoms with Crippen LogP contribution in [-0.4, -0.2) is 64.2 Å². The van der Waals surface area contributed by atoms with Crippen LogP contribution in [0.4, 0.5) is 0 Å². The van der Waals surface area contributed by atoms with Crippen LogP contribution in [0.1, 0.15) is 34.1 Å². The Hall–Kier alpha value is -2.67. The van der Waals surface area contributed by atoms with Gasteiger partial charge in [-0.15, -0.1) is 0 Å². The van der Waals surface area contributed by atoms with Crippen LogP contribution in [-0.2, 0) is 16.1 Å². The second kappa shape index (κ2) is 7.52. The molecule has 0 bridgehead atoms. The van der Waals surface area contributed by atoms with Crippen molar-refractivity contribution in [2.24, 2.45) is 0 Å². The Labute approximate surface area is 158 Å². The molecule has 4 rings (SSSR count). The van der Waals surface area contributed by atoms with E-state index in [2.05, 4.69) is 5.10 Å². The van der Waals surface area contributed by atoms with E-state index >= 15 is 0 Å². The summed E-state index contributed by atoms with van der Waals surface area (Å²) in [4.78, 5) is 29.4. The van der Waals surface area contributed by atoms with E-state index in [0.717, 1.165) is 11.3 Å².